The van der Waals surface area contributed by atoms with Crippen molar-refractivity contribution in [1.82, 2.24) is 4.90 Å². The highest BCUT2D eigenvalue weighted by Gasteiger charge is 2.24. The summed E-state index contributed by atoms with van der Waals surface area (Å²) in [5.41, 5.74) is 6.20. The van der Waals surface area contributed by atoms with Crippen LogP contribution in [-0.2, 0) is 6.54 Å². The van der Waals surface area contributed by atoms with E-state index in [2.05, 4.69) is 4.90 Å². The maximum absolute atomic E-state index is 13.3. The Labute approximate surface area is 87.5 Å². The molecule has 1 aliphatic rings. The highest BCUT2D eigenvalue weighted by atomic mass is 35.5. The Morgan fingerprint density at radius 2 is 2.21 bits per heavy atom. The first kappa shape index (κ1) is 9.90. The van der Waals surface area contributed by atoms with E-state index in [9.17, 15) is 4.39 Å². The molecule has 2 nitrogen and oxygen atoms in total. The minimum Gasteiger partial charge on any atom is -0.325 e. The van der Waals surface area contributed by atoms with Gasteiger partial charge < -0.3 is 5.73 Å². The molecule has 1 fully saturated rings. The highest BCUT2D eigenvalue weighted by molar-refractivity contribution is 6.31. The van der Waals surface area contributed by atoms with Crippen molar-refractivity contribution in [3.63, 3.8) is 0 Å². The Morgan fingerprint density at radius 1 is 1.50 bits per heavy atom. The second-order valence-electron chi connectivity index (χ2n) is 3.65. The summed E-state index contributed by atoms with van der Waals surface area (Å²) < 4.78 is 13.3. The summed E-state index contributed by atoms with van der Waals surface area (Å²) in [4.78, 5) is 2.08. The molecule has 0 saturated carbocycles. The van der Waals surface area contributed by atoms with Gasteiger partial charge in [0.2, 0.25) is 0 Å². The minimum absolute atomic E-state index is 0.237. The van der Waals surface area contributed by atoms with Crippen molar-refractivity contribution in [1.29, 1.82) is 0 Å². The van der Waals surface area contributed by atoms with Gasteiger partial charge in [0.15, 0.2) is 0 Å². The van der Waals surface area contributed by atoms with Crippen LogP contribution < -0.4 is 5.73 Å². The van der Waals surface area contributed by atoms with Gasteiger partial charge in [-0.1, -0.05) is 17.7 Å². The predicted octanol–water partition coefficient (Wildman–Crippen LogP) is 1.62. The van der Waals surface area contributed by atoms with Gasteiger partial charge in [-0.15, -0.1) is 0 Å². The van der Waals surface area contributed by atoms with E-state index in [-0.39, 0.29) is 11.9 Å². The van der Waals surface area contributed by atoms with Crippen molar-refractivity contribution < 1.29 is 4.39 Å². The minimum atomic E-state index is -0.238. The summed E-state index contributed by atoms with van der Waals surface area (Å²) in [5.74, 6) is -0.238. The molecule has 1 aromatic carbocycles. The summed E-state index contributed by atoms with van der Waals surface area (Å²) in [7, 11) is 0. The van der Waals surface area contributed by atoms with Crippen molar-refractivity contribution in [3.05, 3.63) is 34.6 Å². The average molecular weight is 215 g/mol. The first-order valence-corrected chi connectivity index (χ1v) is 4.95. The number of hydrogen-bond donors (Lipinski definition) is 1. The Balaban J connectivity index is 2.09. The molecule has 4 heteroatoms. The molecule has 2 rings (SSSR count). The Bertz CT molecular complexity index is 317. The molecule has 76 valence electrons. The first-order valence-electron chi connectivity index (χ1n) is 4.57. The van der Waals surface area contributed by atoms with E-state index in [1.807, 2.05) is 0 Å². The van der Waals surface area contributed by atoms with Crippen molar-refractivity contribution in [2.45, 2.75) is 12.6 Å². The lowest BCUT2D eigenvalue weighted by Crippen LogP contribution is -2.55. The summed E-state index contributed by atoms with van der Waals surface area (Å²) in [5, 5.41) is 0.491. The van der Waals surface area contributed by atoms with Gasteiger partial charge in [-0.05, 0) is 12.1 Å². The second-order valence-corrected chi connectivity index (χ2v) is 4.06. The molecule has 0 radical (unpaired) electrons. The second kappa shape index (κ2) is 3.85. The van der Waals surface area contributed by atoms with Crippen LogP contribution in [0.4, 0.5) is 4.39 Å². The van der Waals surface area contributed by atoms with Crippen LogP contribution in [0.2, 0.25) is 5.02 Å². The van der Waals surface area contributed by atoms with Gasteiger partial charge in [0.1, 0.15) is 5.82 Å². The van der Waals surface area contributed by atoms with Crippen molar-refractivity contribution in [2.75, 3.05) is 13.1 Å². The molecule has 1 saturated heterocycles. The van der Waals surface area contributed by atoms with Gasteiger partial charge in [0.25, 0.3) is 0 Å². The van der Waals surface area contributed by atoms with Crippen molar-refractivity contribution in [2.24, 2.45) is 5.73 Å². The molecule has 0 aromatic heterocycles. The zero-order chi connectivity index (χ0) is 10.1. The van der Waals surface area contributed by atoms with E-state index in [0.29, 0.717) is 17.1 Å². The van der Waals surface area contributed by atoms with Gasteiger partial charge in [-0.25, -0.2) is 4.39 Å². The van der Waals surface area contributed by atoms with Gasteiger partial charge in [-0.3, -0.25) is 4.90 Å². The predicted molar refractivity (Wildman–Crippen MR) is 54.7 cm³/mol. The first-order chi connectivity index (χ1) is 6.66. The lowest BCUT2D eigenvalue weighted by molar-refractivity contribution is 0.141. The molecule has 0 amide bonds. The van der Waals surface area contributed by atoms with Crippen LogP contribution in [-0.4, -0.2) is 24.0 Å². The van der Waals surface area contributed by atoms with Crippen LogP contribution in [0.3, 0.4) is 0 Å². The number of rotatable bonds is 2. The van der Waals surface area contributed by atoms with Crippen molar-refractivity contribution >= 4 is 11.6 Å². The largest absolute Gasteiger partial charge is 0.325 e. The third-order valence-corrected chi connectivity index (χ3v) is 2.78. The van der Waals surface area contributed by atoms with Crippen LogP contribution in [0.15, 0.2) is 18.2 Å². The van der Waals surface area contributed by atoms with E-state index >= 15 is 0 Å². The number of likely N-dealkylation sites (tertiary alicyclic amines) is 1. The third kappa shape index (κ3) is 1.90. The molecule has 1 aliphatic heterocycles. The summed E-state index contributed by atoms with van der Waals surface area (Å²) in [6, 6.07) is 4.99. The molecule has 1 aromatic rings. The smallest absolute Gasteiger partial charge is 0.129 e. The number of hydrogen-bond acceptors (Lipinski definition) is 2. The van der Waals surface area contributed by atoms with E-state index < -0.39 is 0 Å². The quantitative estimate of drug-likeness (QED) is 0.811. The van der Waals surface area contributed by atoms with E-state index in [4.69, 9.17) is 17.3 Å². The number of benzene rings is 1. The average Bonchev–Trinajstić information content (AvgIpc) is 2.08. The molecule has 14 heavy (non-hydrogen) atoms. The molecule has 1 heterocycles. The van der Waals surface area contributed by atoms with Gasteiger partial charge in [-0.2, -0.15) is 0 Å². The number of nitrogens with zero attached hydrogens (tertiary/aromatic N) is 1. The maximum atomic E-state index is 13.3. The number of halogens is 2. The molecular formula is C10H12ClFN2. The molecule has 0 atom stereocenters. The lowest BCUT2D eigenvalue weighted by Gasteiger charge is -2.37. The van der Waals surface area contributed by atoms with Gasteiger partial charge in [0, 0.05) is 36.3 Å². The molecule has 2 N–H and O–H groups in total. The fourth-order valence-corrected chi connectivity index (χ4v) is 1.87. The van der Waals surface area contributed by atoms with E-state index in [1.165, 1.54) is 6.07 Å². The van der Waals surface area contributed by atoms with Crippen LogP contribution in [0, 0.1) is 5.82 Å². The SMILES string of the molecule is NC1CN(Cc2c(F)cccc2Cl)C1. The van der Waals surface area contributed by atoms with Crippen LogP contribution in [0.5, 0.6) is 0 Å². The fourth-order valence-electron chi connectivity index (χ4n) is 1.65. The van der Waals surface area contributed by atoms with Gasteiger partial charge >= 0.3 is 0 Å². The van der Waals surface area contributed by atoms with E-state index in [1.54, 1.807) is 12.1 Å². The summed E-state index contributed by atoms with van der Waals surface area (Å²) >= 11 is 5.89. The van der Waals surface area contributed by atoms with Crippen molar-refractivity contribution in [3.8, 4) is 0 Å². The zero-order valence-corrected chi connectivity index (χ0v) is 8.47. The van der Waals surface area contributed by atoms with Crippen LogP contribution >= 0.6 is 11.6 Å². The normalized spacial score (nSPS) is 18.2. The zero-order valence-electron chi connectivity index (χ0n) is 7.71. The highest BCUT2D eigenvalue weighted by Crippen LogP contribution is 2.22. The number of nitrogens with two attached hydrogens (primary N) is 1. The Morgan fingerprint density at radius 3 is 2.79 bits per heavy atom. The summed E-state index contributed by atoms with van der Waals surface area (Å²) in [6.07, 6.45) is 0. The van der Waals surface area contributed by atoms with Gasteiger partial charge in [0.05, 0.1) is 0 Å². The summed E-state index contributed by atoms with van der Waals surface area (Å²) in [6.45, 7) is 2.20. The molecular weight excluding hydrogens is 203 g/mol. The molecule has 0 unspecified atom stereocenters. The molecule has 0 bridgehead atoms. The van der Waals surface area contributed by atoms with Crippen LogP contribution in [0.25, 0.3) is 0 Å². The topological polar surface area (TPSA) is 29.3 Å². The van der Waals surface area contributed by atoms with E-state index in [0.717, 1.165) is 13.1 Å². The maximum Gasteiger partial charge on any atom is 0.129 e. The standard InChI is InChI=1S/C10H12ClFN2/c11-9-2-1-3-10(12)8(9)6-14-4-7(13)5-14/h1-3,7H,4-6,13H2. The Kier molecular flexibility index (Phi) is 2.72. The lowest BCUT2D eigenvalue weighted by atomic mass is 10.1. The fraction of sp³-hybridized carbons (Fsp3) is 0.400. The third-order valence-electron chi connectivity index (χ3n) is 2.43. The monoisotopic (exact) mass is 214 g/mol. The Hall–Kier alpha value is -0.640. The molecule has 0 spiro atoms. The van der Waals surface area contributed by atoms with Crippen LogP contribution in [0.1, 0.15) is 5.56 Å². The molecule has 0 aliphatic carbocycles.